The van der Waals surface area contributed by atoms with Crippen LogP contribution < -0.4 is 0 Å². The second-order valence-electron chi connectivity index (χ2n) is 6.14. The van der Waals surface area contributed by atoms with Gasteiger partial charge in [-0.25, -0.2) is 12.1 Å². The first kappa shape index (κ1) is 44.1. The summed E-state index contributed by atoms with van der Waals surface area (Å²) in [5, 5.41) is -18.6. The zero-order valence-corrected chi connectivity index (χ0v) is 24.2. The number of hydrogen-bond acceptors (Lipinski definition) is 0. The van der Waals surface area contributed by atoms with Crippen LogP contribution in [-0.4, -0.2) is 49.0 Å². The Hall–Kier alpha value is 0.0260. The van der Waals surface area contributed by atoms with E-state index >= 15 is 0 Å². The topological polar surface area (TPSA) is 71.4 Å². The van der Waals surface area contributed by atoms with Gasteiger partial charge in [-0.15, -0.1) is 0 Å². The fraction of sp³-hybridized carbons (Fsp3) is 0.750. The second kappa shape index (κ2) is 27.6. The molecule has 0 amide bonds. The van der Waals surface area contributed by atoms with Crippen molar-refractivity contribution in [1.82, 2.24) is 0 Å². The van der Waals surface area contributed by atoms with Crippen molar-refractivity contribution in [3.05, 3.63) is 47.5 Å². The largest absolute Gasteiger partial charge is 4.00 e. The Morgan fingerprint density at radius 3 is 0.853 bits per heavy atom. The number of alkyl halides is 9. The summed E-state index contributed by atoms with van der Waals surface area (Å²) in [7, 11) is 0. The maximum atomic E-state index is 11.3. The van der Waals surface area contributed by atoms with Gasteiger partial charge in [0.1, 0.15) is 0 Å². The smallest absolute Gasteiger partial charge is 0.214 e. The Balaban J connectivity index is -0.000000112. The van der Waals surface area contributed by atoms with Crippen LogP contribution in [0.3, 0.4) is 0 Å². The van der Waals surface area contributed by atoms with Crippen molar-refractivity contribution in [2.45, 2.75) is 74.3 Å². The molecule has 0 fully saturated rings. The summed E-state index contributed by atoms with van der Waals surface area (Å²) >= 11 is -7.10. The molecule has 0 aliphatic rings. The first-order chi connectivity index (χ1) is 15.1. The molecule has 1 rings (SSSR count). The van der Waals surface area contributed by atoms with E-state index in [1.807, 2.05) is 30.3 Å². The maximum Gasteiger partial charge on any atom is 4.00 e. The summed E-state index contributed by atoms with van der Waals surface area (Å²) in [6.45, 7) is 8.06. The minimum Gasteiger partial charge on any atom is -0.214 e. The Bertz CT molecular complexity index is 399. The average molecular weight is 652 g/mol. The summed E-state index contributed by atoms with van der Waals surface area (Å²) in [5.74, 6) is 0. The van der Waals surface area contributed by atoms with Crippen molar-refractivity contribution in [2.75, 3.05) is 19.6 Å². The molecule has 1 aromatic rings. The van der Waals surface area contributed by atoms with Gasteiger partial charge in [-0.1, -0.05) is 59.3 Å². The Labute approximate surface area is 221 Å². The van der Waals surface area contributed by atoms with Crippen LogP contribution in [0, 0.1) is 0 Å². The monoisotopic (exact) mass is 652 g/mol. The molecule has 0 saturated carbocycles. The van der Waals surface area contributed by atoms with Gasteiger partial charge < -0.3 is 17.2 Å². The van der Waals surface area contributed by atoms with E-state index in [9.17, 15) is 39.5 Å². The molecule has 0 spiro atoms. The minimum atomic E-state index is -7.10. The van der Waals surface area contributed by atoms with Crippen molar-refractivity contribution in [2.24, 2.45) is 0 Å². The molecule has 0 heterocycles. The zero-order chi connectivity index (χ0) is 27.0. The van der Waals surface area contributed by atoms with Crippen LogP contribution in [0.5, 0.6) is 0 Å². The van der Waals surface area contributed by atoms with Crippen LogP contribution in [0.1, 0.15) is 59.3 Å². The number of nitrogens with one attached hydrogen (secondary N) is 3. The van der Waals surface area contributed by atoms with Crippen LogP contribution >= 0.6 is 0 Å². The molecule has 3 N–H and O–H groups in total. The molecule has 1 radical (unpaired) electrons. The molecule has 1 aromatic carbocycles. The van der Waals surface area contributed by atoms with Gasteiger partial charge >= 0.3 is 95.1 Å². The average Bonchev–Trinajstić information content (AvgIpc) is 3.21. The van der Waals surface area contributed by atoms with E-state index in [-0.39, 0.29) is 26.2 Å². The summed E-state index contributed by atoms with van der Waals surface area (Å²) in [5.41, 5.74) is 19.8. The fourth-order valence-corrected chi connectivity index (χ4v) is 3.36. The second-order valence-corrected chi connectivity index (χ2v) is 11.3. The van der Waals surface area contributed by atoms with E-state index in [4.69, 9.17) is 17.2 Å². The number of hydrogen-bond donors (Lipinski definition) is 0. The van der Waals surface area contributed by atoms with Crippen LogP contribution in [0.15, 0.2) is 30.3 Å². The van der Waals surface area contributed by atoms with Crippen molar-refractivity contribution in [3.8, 4) is 0 Å². The summed E-state index contributed by atoms with van der Waals surface area (Å²) in [6.07, 6.45) is 6.64. The predicted octanol–water partition coefficient (Wildman–Crippen LogP) is 9.70. The Kier molecular flexibility index (Phi) is 35.8. The first-order valence-corrected chi connectivity index (χ1v) is 13.4. The van der Waals surface area contributed by atoms with Crippen LogP contribution in [0.2, 0.25) is 0 Å². The molecule has 0 saturated heterocycles. The van der Waals surface area contributed by atoms with Gasteiger partial charge in [0.25, 0.3) is 0 Å². The maximum absolute atomic E-state index is 11.3. The molecular weight excluding hydrogens is 617 g/mol. The summed E-state index contributed by atoms with van der Waals surface area (Å²) in [4.78, 5) is 0. The molecule has 34 heavy (non-hydrogen) atoms. The molecule has 0 atom stereocenters. The SMILES string of the molecule is CCCC[NH-].CCCC[NH-].CCCC[NH-].F[C](F)(F)[Ge]([C](F)(F)F)[C](F)(F)F.[Zr+4].c1cc[cH-]c1. The normalized spacial score (nSPS) is 10.7. The molecule has 201 valence electrons. The van der Waals surface area contributed by atoms with Gasteiger partial charge in [0.05, 0.1) is 0 Å². The standard InChI is InChI=1S/C5H5.3C4H10N.C3F9Ge.Zr/c1-2-4-5-3-1;3*1-2-3-4-5;4-1(5,6)13(2(7,8)9)3(10,11)12;/h1-5H;3*5H,2-4H2,1H3;;/q4*-1;;+4. The van der Waals surface area contributed by atoms with Gasteiger partial charge in [-0.05, 0) is 0 Å². The fourth-order valence-electron chi connectivity index (χ4n) is 1.33. The molecule has 0 unspecified atom stereocenters. The van der Waals surface area contributed by atoms with E-state index in [0.717, 1.165) is 38.5 Å². The third-order valence-corrected chi connectivity index (χ3v) is 6.57. The third-order valence-electron chi connectivity index (χ3n) is 3.00. The Morgan fingerprint density at radius 1 is 0.588 bits per heavy atom. The van der Waals surface area contributed by atoms with Gasteiger partial charge in [-0.2, -0.15) is 37.8 Å². The molecule has 14 heteroatoms. The van der Waals surface area contributed by atoms with Crippen molar-refractivity contribution >= 4 is 14.3 Å². The van der Waals surface area contributed by atoms with E-state index in [0.29, 0.717) is 19.6 Å². The first-order valence-electron chi connectivity index (χ1n) is 10.3. The van der Waals surface area contributed by atoms with E-state index in [1.165, 1.54) is 0 Å². The number of rotatable bonds is 6. The predicted molar refractivity (Wildman–Crippen MR) is 118 cm³/mol. The summed E-state index contributed by atoms with van der Waals surface area (Å²) in [6, 6.07) is 10.0. The minimum absolute atomic E-state index is 0. The molecular formula is C20H35F9GeN3Zr. The summed E-state index contributed by atoms with van der Waals surface area (Å²) < 4.78 is 102. The third kappa shape index (κ3) is 36.6. The quantitative estimate of drug-likeness (QED) is 0.167. The van der Waals surface area contributed by atoms with Gasteiger partial charge in [0.2, 0.25) is 0 Å². The van der Waals surface area contributed by atoms with Gasteiger partial charge in [-0.3, -0.25) is 0 Å². The zero-order valence-electron chi connectivity index (χ0n) is 19.7. The Morgan fingerprint density at radius 2 is 0.824 bits per heavy atom. The van der Waals surface area contributed by atoms with E-state index < -0.39 is 29.4 Å². The van der Waals surface area contributed by atoms with Crippen LogP contribution in [0.4, 0.5) is 39.5 Å². The molecule has 0 aliphatic heterocycles. The number of halogens is 9. The molecule has 0 bridgehead atoms. The number of unbranched alkanes of at least 4 members (excludes halogenated alkanes) is 3. The van der Waals surface area contributed by atoms with Crippen molar-refractivity contribution in [1.29, 1.82) is 0 Å². The van der Waals surface area contributed by atoms with Gasteiger partial charge in [0, 0.05) is 0 Å². The molecule has 0 aliphatic carbocycles. The van der Waals surface area contributed by atoms with Crippen LogP contribution in [0.25, 0.3) is 17.2 Å². The molecule has 3 nitrogen and oxygen atoms in total. The van der Waals surface area contributed by atoms with E-state index in [2.05, 4.69) is 20.8 Å². The van der Waals surface area contributed by atoms with Gasteiger partial charge in [0.15, 0.2) is 0 Å². The van der Waals surface area contributed by atoms with E-state index in [1.54, 1.807) is 0 Å². The molecule has 0 aromatic heterocycles. The van der Waals surface area contributed by atoms with Crippen molar-refractivity contribution < 1.29 is 65.7 Å². The van der Waals surface area contributed by atoms with Crippen molar-refractivity contribution in [3.63, 3.8) is 0 Å². The van der Waals surface area contributed by atoms with Crippen LogP contribution in [-0.2, 0) is 26.2 Å².